The molecular formula is C16H18N4O. The van der Waals surface area contributed by atoms with Gasteiger partial charge in [-0.2, -0.15) is 5.26 Å². The van der Waals surface area contributed by atoms with Gasteiger partial charge in [0.15, 0.2) is 0 Å². The zero-order valence-electron chi connectivity index (χ0n) is 12.0. The Morgan fingerprint density at radius 3 is 2.67 bits per heavy atom. The van der Waals surface area contributed by atoms with Crippen LogP contribution in [0.15, 0.2) is 42.6 Å². The molecule has 1 amide bonds. The first kappa shape index (κ1) is 14.8. The lowest BCUT2D eigenvalue weighted by molar-refractivity contribution is -0.120. The summed E-state index contributed by atoms with van der Waals surface area (Å²) in [6.07, 6.45) is 1.88. The van der Waals surface area contributed by atoms with Crippen molar-refractivity contribution in [2.24, 2.45) is 7.05 Å². The van der Waals surface area contributed by atoms with E-state index in [0.29, 0.717) is 18.8 Å². The second-order valence-corrected chi connectivity index (χ2v) is 4.82. The SMILES string of the molecule is Cn1cc(CNCC(=O)NCc2ccccc2)cc1C#N. The molecule has 0 atom stereocenters. The van der Waals surface area contributed by atoms with Crippen molar-refractivity contribution >= 4 is 5.91 Å². The molecule has 0 fully saturated rings. The zero-order valence-corrected chi connectivity index (χ0v) is 12.0. The van der Waals surface area contributed by atoms with Gasteiger partial charge in [0.05, 0.1) is 6.54 Å². The lowest BCUT2D eigenvalue weighted by Crippen LogP contribution is -2.33. The fourth-order valence-corrected chi connectivity index (χ4v) is 2.02. The average Bonchev–Trinajstić information content (AvgIpc) is 2.86. The number of carbonyl (C=O) groups is 1. The van der Waals surface area contributed by atoms with Gasteiger partial charge in [-0.25, -0.2) is 0 Å². The lowest BCUT2D eigenvalue weighted by atomic mass is 10.2. The van der Waals surface area contributed by atoms with Crippen LogP contribution in [-0.2, 0) is 24.9 Å². The highest BCUT2D eigenvalue weighted by Gasteiger charge is 2.04. The minimum absolute atomic E-state index is 0.0460. The smallest absolute Gasteiger partial charge is 0.234 e. The van der Waals surface area contributed by atoms with E-state index in [-0.39, 0.29) is 12.5 Å². The van der Waals surface area contributed by atoms with E-state index in [2.05, 4.69) is 16.7 Å². The summed E-state index contributed by atoms with van der Waals surface area (Å²) in [5.74, 6) is -0.0460. The van der Waals surface area contributed by atoms with E-state index in [1.165, 1.54) is 0 Å². The second-order valence-electron chi connectivity index (χ2n) is 4.82. The van der Waals surface area contributed by atoms with E-state index >= 15 is 0 Å². The Labute approximate surface area is 124 Å². The molecule has 0 saturated carbocycles. The number of aryl methyl sites for hydroxylation is 1. The number of nitrogens with zero attached hydrogens (tertiary/aromatic N) is 2. The van der Waals surface area contributed by atoms with E-state index in [9.17, 15) is 4.79 Å². The molecule has 1 aromatic carbocycles. The molecule has 1 aromatic heterocycles. The molecule has 21 heavy (non-hydrogen) atoms. The highest BCUT2D eigenvalue weighted by Crippen LogP contribution is 2.05. The molecule has 5 heteroatoms. The molecule has 1 heterocycles. The third-order valence-electron chi connectivity index (χ3n) is 3.12. The number of hydrogen-bond acceptors (Lipinski definition) is 3. The molecule has 0 spiro atoms. The maximum Gasteiger partial charge on any atom is 0.234 e. The third kappa shape index (κ3) is 4.48. The van der Waals surface area contributed by atoms with Crippen LogP contribution in [0.4, 0.5) is 0 Å². The van der Waals surface area contributed by atoms with Gasteiger partial charge in [0.1, 0.15) is 11.8 Å². The van der Waals surface area contributed by atoms with Gasteiger partial charge in [-0.15, -0.1) is 0 Å². The molecule has 0 aliphatic rings. The van der Waals surface area contributed by atoms with Gasteiger partial charge in [-0.1, -0.05) is 30.3 Å². The number of hydrogen-bond donors (Lipinski definition) is 2. The van der Waals surface area contributed by atoms with Crippen LogP contribution in [0, 0.1) is 11.3 Å². The summed E-state index contributed by atoms with van der Waals surface area (Å²) >= 11 is 0. The van der Waals surface area contributed by atoms with Gasteiger partial charge >= 0.3 is 0 Å². The molecule has 108 valence electrons. The van der Waals surface area contributed by atoms with Gasteiger partial charge in [0, 0.05) is 26.3 Å². The van der Waals surface area contributed by atoms with Gasteiger partial charge in [0.2, 0.25) is 5.91 Å². The summed E-state index contributed by atoms with van der Waals surface area (Å²) in [5.41, 5.74) is 2.68. The maximum atomic E-state index is 11.7. The number of rotatable bonds is 6. The first-order chi connectivity index (χ1) is 10.2. The maximum absolute atomic E-state index is 11.7. The van der Waals surface area contributed by atoms with Crippen molar-refractivity contribution in [1.29, 1.82) is 5.26 Å². The molecular weight excluding hydrogens is 264 g/mol. The highest BCUT2D eigenvalue weighted by molar-refractivity contribution is 5.77. The third-order valence-corrected chi connectivity index (χ3v) is 3.12. The van der Waals surface area contributed by atoms with Crippen LogP contribution in [0.3, 0.4) is 0 Å². The minimum Gasteiger partial charge on any atom is -0.351 e. The van der Waals surface area contributed by atoms with Crippen LogP contribution in [-0.4, -0.2) is 17.0 Å². The predicted molar refractivity (Wildman–Crippen MR) is 80.1 cm³/mol. The second kappa shape index (κ2) is 7.27. The van der Waals surface area contributed by atoms with Crippen molar-refractivity contribution in [3.63, 3.8) is 0 Å². The topological polar surface area (TPSA) is 69.8 Å². The Bertz CT molecular complexity index is 640. The van der Waals surface area contributed by atoms with Crippen LogP contribution in [0.25, 0.3) is 0 Å². The fraction of sp³-hybridized carbons (Fsp3) is 0.250. The van der Waals surface area contributed by atoms with E-state index in [0.717, 1.165) is 11.1 Å². The normalized spacial score (nSPS) is 10.1. The van der Waals surface area contributed by atoms with Crippen LogP contribution >= 0.6 is 0 Å². The number of nitrogens with one attached hydrogen (secondary N) is 2. The molecule has 0 unspecified atom stereocenters. The van der Waals surface area contributed by atoms with Crippen LogP contribution < -0.4 is 10.6 Å². The van der Waals surface area contributed by atoms with E-state index in [4.69, 9.17) is 5.26 Å². The van der Waals surface area contributed by atoms with E-state index in [1.54, 1.807) is 4.57 Å². The van der Waals surface area contributed by atoms with Crippen molar-refractivity contribution in [3.8, 4) is 6.07 Å². The number of nitriles is 1. The molecule has 0 saturated heterocycles. The predicted octanol–water partition coefficient (Wildman–Crippen LogP) is 1.30. The van der Waals surface area contributed by atoms with Gasteiger partial charge in [0.25, 0.3) is 0 Å². The van der Waals surface area contributed by atoms with Gasteiger partial charge < -0.3 is 15.2 Å². The summed E-state index contributed by atoms with van der Waals surface area (Å²) in [5, 5.41) is 14.8. The van der Waals surface area contributed by atoms with Crippen LogP contribution in [0.5, 0.6) is 0 Å². The van der Waals surface area contributed by atoms with E-state index in [1.807, 2.05) is 49.6 Å². The monoisotopic (exact) mass is 282 g/mol. The Morgan fingerprint density at radius 1 is 1.24 bits per heavy atom. The Morgan fingerprint density at radius 2 is 2.00 bits per heavy atom. The quantitative estimate of drug-likeness (QED) is 0.839. The number of carbonyl (C=O) groups excluding carboxylic acids is 1. The van der Waals surface area contributed by atoms with Gasteiger partial charge in [-0.3, -0.25) is 4.79 Å². The number of amides is 1. The standard InChI is InChI=1S/C16H18N4O/c1-20-12-14(7-15(20)8-17)9-18-11-16(21)19-10-13-5-3-2-4-6-13/h2-7,12,18H,9-11H2,1H3,(H,19,21). The molecule has 2 aromatic rings. The van der Waals surface area contributed by atoms with Crippen molar-refractivity contribution < 1.29 is 4.79 Å². The van der Waals surface area contributed by atoms with Crippen molar-refractivity contribution in [2.75, 3.05) is 6.54 Å². The average molecular weight is 282 g/mol. The fourth-order valence-electron chi connectivity index (χ4n) is 2.02. The molecule has 0 bridgehead atoms. The minimum atomic E-state index is -0.0460. The molecule has 5 nitrogen and oxygen atoms in total. The first-order valence-electron chi connectivity index (χ1n) is 6.75. The Balaban J connectivity index is 1.70. The molecule has 2 N–H and O–H groups in total. The Hall–Kier alpha value is -2.58. The summed E-state index contributed by atoms with van der Waals surface area (Å²) in [6, 6.07) is 13.7. The van der Waals surface area contributed by atoms with Gasteiger partial charge in [-0.05, 0) is 17.2 Å². The molecule has 0 aliphatic carbocycles. The summed E-state index contributed by atoms with van der Waals surface area (Å²) in [4.78, 5) is 11.7. The molecule has 2 rings (SSSR count). The van der Waals surface area contributed by atoms with Crippen LogP contribution in [0.1, 0.15) is 16.8 Å². The van der Waals surface area contributed by atoms with Crippen molar-refractivity contribution in [3.05, 3.63) is 59.4 Å². The van der Waals surface area contributed by atoms with Crippen molar-refractivity contribution in [2.45, 2.75) is 13.1 Å². The summed E-state index contributed by atoms with van der Waals surface area (Å²) in [7, 11) is 1.83. The zero-order chi connectivity index (χ0) is 15.1. The number of aromatic nitrogens is 1. The largest absolute Gasteiger partial charge is 0.351 e. The molecule has 0 aliphatic heterocycles. The lowest BCUT2D eigenvalue weighted by Gasteiger charge is -2.06. The Kier molecular flexibility index (Phi) is 5.13. The first-order valence-corrected chi connectivity index (χ1v) is 6.75. The number of benzene rings is 1. The van der Waals surface area contributed by atoms with E-state index < -0.39 is 0 Å². The van der Waals surface area contributed by atoms with Crippen LogP contribution in [0.2, 0.25) is 0 Å². The highest BCUT2D eigenvalue weighted by atomic mass is 16.1. The summed E-state index contributed by atoms with van der Waals surface area (Å²) in [6.45, 7) is 1.35. The molecule has 0 radical (unpaired) electrons. The van der Waals surface area contributed by atoms with Crippen molar-refractivity contribution in [1.82, 2.24) is 15.2 Å². The summed E-state index contributed by atoms with van der Waals surface area (Å²) < 4.78 is 1.77.